The zero-order valence-corrected chi connectivity index (χ0v) is 17.2. The maximum Gasteiger partial charge on any atom is 0.443 e. The molecule has 0 saturated heterocycles. The summed E-state index contributed by atoms with van der Waals surface area (Å²) >= 11 is 0.449. The number of alkyl halides is 3. The van der Waals surface area contributed by atoms with Crippen molar-refractivity contribution in [3.05, 3.63) is 28.3 Å². The van der Waals surface area contributed by atoms with Crippen LogP contribution in [0, 0.1) is 23.7 Å². The molecule has 5 nitrogen and oxygen atoms in total. The fourth-order valence-electron chi connectivity index (χ4n) is 3.75. The molecule has 1 aliphatic carbocycles. The smallest absolute Gasteiger partial charge is 0.297 e. The summed E-state index contributed by atoms with van der Waals surface area (Å²) in [6.07, 6.45) is -4.62. The summed E-state index contributed by atoms with van der Waals surface area (Å²) in [5.41, 5.74) is -2.95. The molecular weight excluding hydrogens is 407 g/mol. The lowest BCUT2D eigenvalue weighted by atomic mass is 9.57. The Labute approximate surface area is 168 Å². The fourth-order valence-corrected chi connectivity index (χ4v) is 4.65. The Morgan fingerprint density at radius 1 is 1.03 bits per heavy atom. The number of halogens is 3. The van der Waals surface area contributed by atoms with E-state index >= 15 is 0 Å². The average molecular weight is 425 g/mol. The maximum absolute atomic E-state index is 13.2. The lowest BCUT2D eigenvalue weighted by Crippen LogP contribution is -2.59. The molecule has 1 aromatic heterocycles. The van der Waals surface area contributed by atoms with Crippen LogP contribution in [0.5, 0.6) is 0 Å². The highest BCUT2D eigenvalue weighted by Gasteiger charge is 2.60. The van der Waals surface area contributed by atoms with Gasteiger partial charge in [-0.05, 0) is 52.3 Å². The van der Waals surface area contributed by atoms with Crippen molar-refractivity contribution in [3.63, 3.8) is 0 Å². The lowest BCUT2D eigenvalue weighted by molar-refractivity contribution is -0.158. The zero-order chi connectivity index (χ0) is 22.1. The van der Waals surface area contributed by atoms with E-state index < -0.39 is 51.1 Å². The minimum absolute atomic E-state index is 0.00141. The Morgan fingerprint density at radius 2 is 1.55 bits per heavy atom. The molecule has 0 unspecified atom stereocenters. The molecule has 0 N–H and O–H groups in total. The Hall–Kier alpha value is -2.42. The number of nitrogens with zero attached hydrogens (tertiary/aromatic N) is 1. The molecule has 1 fully saturated rings. The van der Waals surface area contributed by atoms with Crippen LogP contribution in [0.25, 0.3) is 10.2 Å². The molecule has 9 heteroatoms. The van der Waals surface area contributed by atoms with Gasteiger partial charge in [-0.1, -0.05) is 0 Å². The van der Waals surface area contributed by atoms with Crippen LogP contribution in [0.1, 0.15) is 48.6 Å². The number of aromatic nitrogens is 1. The van der Waals surface area contributed by atoms with Gasteiger partial charge < -0.3 is 0 Å². The molecule has 0 spiro atoms. The Morgan fingerprint density at radius 3 is 2.03 bits per heavy atom. The van der Waals surface area contributed by atoms with E-state index in [4.69, 9.17) is 0 Å². The monoisotopic (exact) mass is 425 g/mol. The van der Waals surface area contributed by atoms with Gasteiger partial charge in [-0.2, -0.15) is 13.2 Å². The highest BCUT2D eigenvalue weighted by atomic mass is 32.1. The summed E-state index contributed by atoms with van der Waals surface area (Å²) in [5.74, 6) is -4.68. The van der Waals surface area contributed by atoms with Crippen LogP contribution in [-0.2, 0) is 20.6 Å². The van der Waals surface area contributed by atoms with Gasteiger partial charge in [0.05, 0.1) is 21.0 Å². The number of Topliss-reactive ketones (excluding diaryl/α,β-unsaturated/α-hetero) is 4. The molecule has 0 bridgehead atoms. The third-order valence-electron chi connectivity index (χ3n) is 5.48. The van der Waals surface area contributed by atoms with E-state index in [1.165, 1.54) is 46.8 Å². The van der Waals surface area contributed by atoms with Crippen molar-refractivity contribution in [1.29, 1.82) is 0 Å². The van der Waals surface area contributed by atoms with E-state index in [0.29, 0.717) is 11.3 Å². The van der Waals surface area contributed by atoms with Crippen LogP contribution in [0.15, 0.2) is 12.1 Å². The minimum atomic E-state index is -4.62. The number of carbonyl (C=O) groups is 4. The molecule has 0 atom stereocenters. The third kappa shape index (κ3) is 3.02. The van der Waals surface area contributed by atoms with Crippen molar-refractivity contribution in [2.45, 2.75) is 40.8 Å². The number of ketones is 4. The SMILES string of the molecule is Cc1c(C(=O)C2C(=O)C(C)(C)C(=O)C(C)(C)C2=O)ccc2sc(C(F)(F)F)nc12. The molecule has 3 rings (SSSR count). The first-order valence-corrected chi connectivity index (χ1v) is 9.58. The number of hydrogen-bond donors (Lipinski definition) is 0. The van der Waals surface area contributed by atoms with Crippen LogP contribution < -0.4 is 0 Å². The number of carbonyl (C=O) groups excluding carboxylic acids is 4. The van der Waals surface area contributed by atoms with Crippen LogP contribution in [0.2, 0.25) is 0 Å². The lowest BCUT2D eigenvalue weighted by Gasteiger charge is -2.40. The van der Waals surface area contributed by atoms with Gasteiger partial charge in [0.2, 0.25) is 0 Å². The number of fused-ring (bicyclic) bond motifs is 1. The predicted octanol–water partition coefficient (Wildman–Crippen LogP) is 4.20. The van der Waals surface area contributed by atoms with Gasteiger partial charge in [-0.3, -0.25) is 19.2 Å². The fraction of sp³-hybridized carbons (Fsp3) is 0.450. The molecule has 29 heavy (non-hydrogen) atoms. The summed E-state index contributed by atoms with van der Waals surface area (Å²) in [6.45, 7) is 6.92. The molecule has 1 heterocycles. The van der Waals surface area contributed by atoms with Gasteiger partial charge in [0.1, 0.15) is 5.92 Å². The molecular formula is C20H18F3NO4S. The minimum Gasteiger partial charge on any atom is -0.297 e. The van der Waals surface area contributed by atoms with Gasteiger partial charge in [0, 0.05) is 5.56 Å². The quantitative estimate of drug-likeness (QED) is 0.532. The second-order valence-electron chi connectivity index (χ2n) is 8.21. The number of thiazole rings is 1. The normalized spacial score (nSPS) is 19.8. The van der Waals surface area contributed by atoms with Crippen molar-refractivity contribution in [1.82, 2.24) is 4.98 Å². The maximum atomic E-state index is 13.2. The molecule has 1 aliphatic rings. The molecule has 1 aromatic carbocycles. The van der Waals surface area contributed by atoms with E-state index in [0.717, 1.165) is 0 Å². The van der Waals surface area contributed by atoms with Crippen molar-refractivity contribution in [2.75, 3.05) is 0 Å². The van der Waals surface area contributed by atoms with Gasteiger partial charge >= 0.3 is 6.18 Å². The number of rotatable bonds is 2. The third-order valence-corrected chi connectivity index (χ3v) is 6.54. The standard InChI is InChI=1S/C20H18F3NO4S/c1-8-9(6-7-10-12(8)24-17(29-10)20(21,22)23)13(25)11-14(26)18(2,3)16(28)19(4,5)15(11)27/h6-7,11H,1-5H3. The molecule has 2 aromatic rings. The molecule has 0 aliphatic heterocycles. The van der Waals surface area contributed by atoms with Crippen molar-refractivity contribution in [3.8, 4) is 0 Å². The van der Waals surface area contributed by atoms with E-state index in [1.807, 2.05) is 0 Å². The van der Waals surface area contributed by atoms with E-state index in [1.54, 1.807) is 0 Å². The van der Waals surface area contributed by atoms with Crippen LogP contribution in [0.3, 0.4) is 0 Å². The van der Waals surface area contributed by atoms with Gasteiger partial charge in [0.15, 0.2) is 28.1 Å². The molecule has 0 amide bonds. The first-order valence-electron chi connectivity index (χ1n) is 8.77. The summed E-state index contributed by atoms with van der Waals surface area (Å²) < 4.78 is 39.2. The highest BCUT2D eigenvalue weighted by Crippen LogP contribution is 2.43. The van der Waals surface area contributed by atoms with Crippen LogP contribution in [-0.4, -0.2) is 28.1 Å². The van der Waals surface area contributed by atoms with Crippen molar-refractivity contribution >= 4 is 44.7 Å². The highest BCUT2D eigenvalue weighted by molar-refractivity contribution is 7.18. The molecule has 0 radical (unpaired) electrons. The zero-order valence-electron chi connectivity index (χ0n) is 16.4. The van der Waals surface area contributed by atoms with Crippen molar-refractivity contribution in [2.24, 2.45) is 16.7 Å². The van der Waals surface area contributed by atoms with E-state index in [-0.39, 0.29) is 21.3 Å². The van der Waals surface area contributed by atoms with Crippen molar-refractivity contribution < 1.29 is 32.3 Å². The first-order chi connectivity index (χ1) is 13.1. The second kappa shape index (κ2) is 6.29. The van der Waals surface area contributed by atoms with E-state index in [2.05, 4.69) is 4.98 Å². The van der Waals surface area contributed by atoms with Gasteiger partial charge in [-0.15, -0.1) is 11.3 Å². The summed E-state index contributed by atoms with van der Waals surface area (Å²) in [6, 6.07) is 2.62. The molecule has 1 saturated carbocycles. The summed E-state index contributed by atoms with van der Waals surface area (Å²) in [5, 5.41) is -1.04. The first kappa shape index (κ1) is 21.3. The predicted molar refractivity (Wildman–Crippen MR) is 99.8 cm³/mol. The van der Waals surface area contributed by atoms with Gasteiger partial charge in [-0.25, -0.2) is 4.98 Å². The van der Waals surface area contributed by atoms with Crippen LogP contribution >= 0.6 is 11.3 Å². The van der Waals surface area contributed by atoms with Gasteiger partial charge in [0.25, 0.3) is 0 Å². The summed E-state index contributed by atoms with van der Waals surface area (Å²) in [7, 11) is 0. The average Bonchev–Trinajstić information content (AvgIpc) is 3.05. The topological polar surface area (TPSA) is 81.2 Å². The summed E-state index contributed by atoms with van der Waals surface area (Å²) in [4.78, 5) is 55.0. The Kier molecular flexibility index (Phi) is 4.62. The number of benzene rings is 1. The molecule has 154 valence electrons. The largest absolute Gasteiger partial charge is 0.443 e. The number of aryl methyl sites for hydroxylation is 1. The second-order valence-corrected chi connectivity index (χ2v) is 9.24. The van der Waals surface area contributed by atoms with E-state index in [9.17, 15) is 32.3 Å². The Bertz CT molecular complexity index is 1070. The number of hydrogen-bond acceptors (Lipinski definition) is 6. The Balaban J connectivity index is 2.13. The van der Waals surface area contributed by atoms with Crippen LogP contribution in [0.4, 0.5) is 13.2 Å².